The molecule has 296 valence electrons. The first-order valence-electron chi connectivity index (χ1n) is 21.4. The molecule has 0 aliphatic carbocycles. The first-order valence-corrected chi connectivity index (χ1v) is 21.4. The van der Waals surface area contributed by atoms with Crippen molar-refractivity contribution in [3.8, 4) is 34.4 Å². The molecule has 0 radical (unpaired) electrons. The van der Waals surface area contributed by atoms with E-state index in [2.05, 4.69) is 228 Å². The van der Waals surface area contributed by atoms with Gasteiger partial charge in [-0.2, -0.15) is 9.97 Å². The smallest absolute Gasteiger partial charge is 0.238 e. The van der Waals surface area contributed by atoms with E-state index in [1.165, 1.54) is 16.7 Å². The average Bonchev–Trinajstić information content (AvgIpc) is 3.89. The van der Waals surface area contributed by atoms with E-state index in [-0.39, 0.29) is 0 Å². The summed E-state index contributed by atoms with van der Waals surface area (Å²) in [7, 11) is 0. The Bertz CT molecular complexity index is 3500. The van der Waals surface area contributed by atoms with Crippen LogP contribution in [0.25, 0.3) is 78.0 Å². The number of hydrogen-bond donors (Lipinski definition) is 0. The van der Waals surface area contributed by atoms with E-state index in [1.807, 2.05) is 18.2 Å². The highest BCUT2D eigenvalue weighted by atomic mass is 15.2. The lowest BCUT2D eigenvalue weighted by molar-refractivity contribution is 0.745. The van der Waals surface area contributed by atoms with Crippen LogP contribution in [0.5, 0.6) is 0 Å². The van der Waals surface area contributed by atoms with E-state index in [4.69, 9.17) is 15.0 Å². The van der Waals surface area contributed by atoms with Crippen molar-refractivity contribution in [3.63, 3.8) is 0 Å². The minimum absolute atomic E-state index is 0.555. The zero-order valence-electron chi connectivity index (χ0n) is 34.3. The van der Waals surface area contributed by atoms with Gasteiger partial charge in [-0.25, -0.2) is 4.98 Å². The first kappa shape index (κ1) is 36.4. The van der Waals surface area contributed by atoms with E-state index in [0.29, 0.717) is 17.6 Å². The summed E-state index contributed by atoms with van der Waals surface area (Å²) in [6, 6.07) is 83.9. The first-order chi connectivity index (χ1) is 31.3. The van der Waals surface area contributed by atoms with Crippen LogP contribution in [-0.2, 0) is 5.41 Å². The summed E-state index contributed by atoms with van der Waals surface area (Å²) in [5.41, 5.74) is 11.2. The minimum Gasteiger partial charge on any atom is -0.309 e. The van der Waals surface area contributed by atoms with Crippen molar-refractivity contribution in [1.29, 1.82) is 0 Å². The summed E-state index contributed by atoms with van der Waals surface area (Å²) < 4.78 is 4.63. The highest BCUT2D eigenvalue weighted by molar-refractivity contribution is 6.26. The monoisotopic (exact) mass is 805 g/mol. The third kappa shape index (κ3) is 5.82. The fraction of sp³-hybridized carbons (Fsp3) is 0.0172. The second-order valence-corrected chi connectivity index (χ2v) is 16.0. The van der Waals surface area contributed by atoms with Crippen LogP contribution < -0.4 is 0 Å². The van der Waals surface area contributed by atoms with Gasteiger partial charge >= 0.3 is 0 Å². The van der Waals surface area contributed by atoms with Crippen LogP contribution in [0.4, 0.5) is 0 Å². The molecule has 0 aliphatic rings. The Labute approximate surface area is 364 Å². The lowest BCUT2D eigenvalue weighted by Gasteiger charge is -2.37. The van der Waals surface area contributed by atoms with Crippen molar-refractivity contribution in [3.05, 3.63) is 259 Å². The Hall–Kier alpha value is -8.41. The van der Waals surface area contributed by atoms with Crippen LogP contribution in [0, 0.1) is 0 Å². The fourth-order valence-corrected chi connectivity index (χ4v) is 9.84. The summed E-state index contributed by atoms with van der Waals surface area (Å²) in [6.45, 7) is 0. The van der Waals surface area contributed by atoms with Crippen LogP contribution in [0.15, 0.2) is 237 Å². The molecule has 5 heteroatoms. The van der Waals surface area contributed by atoms with E-state index < -0.39 is 5.41 Å². The predicted octanol–water partition coefficient (Wildman–Crippen LogP) is 13.8. The molecule has 0 amide bonds. The standard InChI is InChI=1S/C58H39N5/c1-6-21-40(22-7-1)55-59-56(41-23-20-30-45(39-41)58(42-24-8-2-9-25-42,43-26-10-3-11-27-43)44-28-12-4-13-29-44)61-57(60-55)63-50-35-18-16-33-47(50)48-37-38-52-53(54(48)63)49-34-17-19-36-51(49)62(52)46-31-14-5-15-32-46/h1-39H. The summed E-state index contributed by atoms with van der Waals surface area (Å²) in [5, 5.41) is 4.58. The maximum absolute atomic E-state index is 5.50. The van der Waals surface area contributed by atoms with Gasteiger partial charge in [0, 0.05) is 38.4 Å². The zero-order chi connectivity index (χ0) is 41.7. The lowest BCUT2D eigenvalue weighted by atomic mass is 9.65. The zero-order valence-corrected chi connectivity index (χ0v) is 34.3. The molecule has 0 saturated carbocycles. The van der Waals surface area contributed by atoms with Crippen molar-refractivity contribution in [2.24, 2.45) is 0 Å². The maximum atomic E-state index is 5.50. The van der Waals surface area contributed by atoms with Gasteiger partial charge in [-0.1, -0.05) is 200 Å². The Kier molecular flexibility index (Phi) is 8.64. The van der Waals surface area contributed by atoms with Crippen molar-refractivity contribution in [2.75, 3.05) is 0 Å². The molecule has 9 aromatic carbocycles. The Morgan fingerprint density at radius 1 is 0.317 bits per heavy atom. The summed E-state index contributed by atoms with van der Waals surface area (Å²) in [5.74, 6) is 1.75. The molecule has 3 heterocycles. The second kappa shape index (κ2) is 14.9. The van der Waals surface area contributed by atoms with Crippen LogP contribution in [0.3, 0.4) is 0 Å². The normalized spacial score (nSPS) is 11.8. The molecule has 0 fully saturated rings. The molecule has 12 aromatic rings. The highest BCUT2D eigenvalue weighted by Gasteiger charge is 2.38. The van der Waals surface area contributed by atoms with E-state index in [1.54, 1.807) is 0 Å². The largest absolute Gasteiger partial charge is 0.309 e. The molecule has 0 bridgehead atoms. The summed E-state index contributed by atoms with van der Waals surface area (Å²) >= 11 is 0. The predicted molar refractivity (Wildman–Crippen MR) is 258 cm³/mol. The van der Waals surface area contributed by atoms with Gasteiger partial charge in [-0.05, 0) is 58.7 Å². The Morgan fingerprint density at radius 2 is 0.794 bits per heavy atom. The topological polar surface area (TPSA) is 48.5 Å². The number of rotatable bonds is 8. The van der Waals surface area contributed by atoms with Crippen LogP contribution in [0.2, 0.25) is 0 Å². The molecule has 12 rings (SSSR count). The van der Waals surface area contributed by atoms with Crippen molar-refractivity contribution in [2.45, 2.75) is 5.41 Å². The van der Waals surface area contributed by atoms with Crippen molar-refractivity contribution < 1.29 is 0 Å². The lowest BCUT2D eigenvalue weighted by Crippen LogP contribution is -2.31. The number of benzene rings is 9. The van der Waals surface area contributed by atoms with Crippen LogP contribution >= 0.6 is 0 Å². The second-order valence-electron chi connectivity index (χ2n) is 16.0. The fourth-order valence-electron chi connectivity index (χ4n) is 9.84. The van der Waals surface area contributed by atoms with Gasteiger partial charge in [0.1, 0.15) is 0 Å². The quantitative estimate of drug-likeness (QED) is 0.144. The molecule has 0 atom stereocenters. The SMILES string of the molecule is c1ccc(-c2nc(-c3cccc(C(c4ccccc4)(c4ccccc4)c4ccccc4)c3)nc(-n3c4ccccc4c4ccc5c(c6ccccc6n5-c5ccccc5)c43)n2)cc1. The van der Waals surface area contributed by atoms with Crippen molar-refractivity contribution in [1.82, 2.24) is 24.1 Å². The van der Waals surface area contributed by atoms with E-state index >= 15 is 0 Å². The van der Waals surface area contributed by atoms with Gasteiger partial charge < -0.3 is 4.57 Å². The van der Waals surface area contributed by atoms with Gasteiger partial charge in [0.2, 0.25) is 5.95 Å². The molecule has 63 heavy (non-hydrogen) atoms. The molecule has 0 aliphatic heterocycles. The summed E-state index contributed by atoms with van der Waals surface area (Å²) in [4.78, 5) is 16.2. The maximum Gasteiger partial charge on any atom is 0.238 e. The van der Waals surface area contributed by atoms with Gasteiger partial charge in [-0.3, -0.25) is 4.57 Å². The minimum atomic E-state index is -0.636. The van der Waals surface area contributed by atoms with Gasteiger partial charge in [0.05, 0.1) is 27.5 Å². The Morgan fingerprint density at radius 3 is 1.41 bits per heavy atom. The molecule has 3 aromatic heterocycles. The molecular weight excluding hydrogens is 767 g/mol. The van der Waals surface area contributed by atoms with Crippen LogP contribution in [0.1, 0.15) is 22.3 Å². The van der Waals surface area contributed by atoms with Crippen molar-refractivity contribution >= 4 is 43.6 Å². The summed E-state index contributed by atoms with van der Waals surface area (Å²) in [6.07, 6.45) is 0. The number of nitrogens with zero attached hydrogens (tertiary/aromatic N) is 5. The van der Waals surface area contributed by atoms with E-state index in [0.717, 1.165) is 66.0 Å². The molecule has 0 unspecified atom stereocenters. The van der Waals surface area contributed by atoms with Gasteiger partial charge in [0.25, 0.3) is 0 Å². The number of para-hydroxylation sites is 3. The molecule has 5 nitrogen and oxygen atoms in total. The van der Waals surface area contributed by atoms with E-state index in [9.17, 15) is 0 Å². The number of aromatic nitrogens is 5. The number of hydrogen-bond acceptors (Lipinski definition) is 3. The third-order valence-electron chi connectivity index (χ3n) is 12.5. The molecule has 0 saturated heterocycles. The molecular formula is C58H39N5. The number of fused-ring (bicyclic) bond motifs is 7. The molecule has 0 spiro atoms. The van der Waals surface area contributed by atoms with Gasteiger partial charge in [0.15, 0.2) is 11.6 Å². The van der Waals surface area contributed by atoms with Crippen LogP contribution in [-0.4, -0.2) is 24.1 Å². The Balaban J connectivity index is 1.16. The molecule has 0 N–H and O–H groups in total. The average molecular weight is 806 g/mol. The highest BCUT2D eigenvalue weighted by Crippen LogP contribution is 2.46. The third-order valence-corrected chi connectivity index (χ3v) is 12.5. The van der Waals surface area contributed by atoms with Gasteiger partial charge in [-0.15, -0.1) is 0 Å².